The van der Waals surface area contributed by atoms with E-state index >= 15 is 0 Å². The monoisotopic (exact) mass is 396 g/mol. The van der Waals surface area contributed by atoms with Gasteiger partial charge in [-0.1, -0.05) is 15.9 Å². The number of halogens is 1. The summed E-state index contributed by atoms with van der Waals surface area (Å²) in [5.74, 6) is 1.61. The summed E-state index contributed by atoms with van der Waals surface area (Å²) in [6.07, 6.45) is 0. The number of aromatic nitrogens is 1. The molecule has 5 nitrogen and oxygen atoms in total. The van der Waals surface area contributed by atoms with Gasteiger partial charge in [-0.25, -0.2) is 4.98 Å². The number of hydrogen-bond acceptors (Lipinski definition) is 4. The maximum Gasteiger partial charge on any atom is 0.191 e. The zero-order valence-corrected chi connectivity index (χ0v) is 15.9. The minimum absolute atomic E-state index is 0.570. The normalized spacial score (nSPS) is 11.4. The SMILES string of the molecule is CN=C(NCCOc1ccc(Br)cc1)NCc1sc(C)nc1C. The molecule has 0 unspecified atom stereocenters. The van der Waals surface area contributed by atoms with Gasteiger partial charge in [0.25, 0.3) is 0 Å². The first-order valence-corrected chi connectivity index (χ1v) is 8.95. The van der Waals surface area contributed by atoms with E-state index in [0.29, 0.717) is 13.2 Å². The van der Waals surface area contributed by atoms with E-state index in [-0.39, 0.29) is 0 Å². The fourth-order valence-corrected chi connectivity index (χ4v) is 3.13. The van der Waals surface area contributed by atoms with E-state index in [2.05, 4.69) is 36.5 Å². The Morgan fingerprint density at radius 1 is 1.26 bits per heavy atom. The highest BCUT2D eigenvalue weighted by Crippen LogP contribution is 2.17. The van der Waals surface area contributed by atoms with Crippen LogP contribution in [0, 0.1) is 13.8 Å². The summed E-state index contributed by atoms with van der Waals surface area (Å²) in [5.41, 5.74) is 1.08. The molecule has 1 aromatic heterocycles. The topological polar surface area (TPSA) is 58.5 Å². The van der Waals surface area contributed by atoms with E-state index in [0.717, 1.165) is 33.4 Å². The van der Waals surface area contributed by atoms with Crippen LogP contribution in [0.1, 0.15) is 15.6 Å². The van der Waals surface area contributed by atoms with Gasteiger partial charge in [0, 0.05) is 16.4 Å². The molecule has 1 aromatic carbocycles. The molecule has 0 spiro atoms. The van der Waals surface area contributed by atoms with Gasteiger partial charge in [-0.2, -0.15) is 0 Å². The quantitative estimate of drug-likeness (QED) is 0.446. The number of ether oxygens (including phenoxy) is 1. The highest BCUT2D eigenvalue weighted by molar-refractivity contribution is 9.10. The first kappa shape index (κ1) is 17.7. The number of nitrogens with zero attached hydrogens (tertiary/aromatic N) is 2. The van der Waals surface area contributed by atoms with E-state index < -0.39 is 0 Å². The Kier molecular flexibility index (Phi) is 6.85. The third-order valence-corrected chi connectivity index (χ3v) is 4.72. The van der Waals surface area contributed by atoms with Gasteiger partial charge in [-0.15, -0.1) is 11.3 Å². The predicted octanol–water partition coefficient (Wildman–Crippen LogP) is 3.27. The fourth-order valence-electron chi connectivity index (χ4n) is 1.99. The molecule has 0 saturated heterocycles. The minimum Gasteiger partial charge on any atom is -0.492 e. The Morgan fingerprint density at radius 3 is 2.61 bits per heavy atom. The molecule has 0 fully saturated rings. The van der Waals surface area contributed by atoms with Gasteiger partial charge in [-0.05, 0) is 38.1 Å². The largest absolute Gasteiger partial charge is 0.492 e. The molecular weight excluding hydrogens is 376 g/mol. The highest BCUT2D eigenvalue weighted by atomic mass is 79.9. The smallest absolute Gasteiger partial charge is 0.191 e. The predicted molar refractivity (Wildman–Crippen MR) is 99.4 cm³/mol. The Labute approximate surface area is 149 Å². The summed E-state index contributed by atoms with van der Waals surface area (Å²) in [5, 5.41) is 7.62. The van der Waals surface area contributed by atoms with Crippen molar-refractivity contribution in [3.63, 3.8) is 0 Å². The van der Waals surface area contributed by atoms with Crippen LogP contribution in [0.2, 0.25) is 0 Å². The molecule has 2 rings (SSSR count). The van der Waals surface area contributed by atoms with Crippen molar-refractivity contribution in [1.29, 1.82) is 0 Å². The highest BCUT2D eigenvalue weighted by Gasteiger charge is 2.05. The first-order valence-electron chi connectivity index (χ1n) is 7.34. The number of thiazole rings is 1. The maximum absolute atomic E-state index is 5.67. The van der Waals surface area contributed by atoms with Crippen LogP contribution in [0.15, 0.2) is 33.7 Å². The molecule has 0 aliphatic carbocycles. The second-order valence-electron chi connectivity index (χ2n) is 4.90. The van der Waals surface area contributed by atoms with E-state index in [1.165, 1.54) is 4.88 Å². The van der Waals surface area contributed by atoms with Gasteiger partial charge in [0.15, 0.2) is 5.96 Å². The van der Waals surface area contributed by atoms with Crippen molar-refractivity contribution >= 4 is 33.2 Å². The molecule has 2 N–H and O–H groups in total. The lowest BCUT2D eigenvalue weighted by molar-refractivity contribution is 0.322. The van der Waals surface area contributed by atoms with Crippen molar-refractivity contribution in [2.24, 2.45) is 4.99 Å². The Hall–Kier alpha value is -1.60. The van der Waals surface area contributed by atoms with Crippen LogP contribution in [-0.4, -0.2) is 31.1 Å². The zero-order valence-electron chi connectivity index (χ0n) is 13.5. The maximum atomic E-state index is 5.67. The molecule has 0 radical (unpaired) electrons. The van der Waals surface area contributed by atoms with Crippen LogP contribution >= 0.6 is 27.3 Å². The lowest BCUT2D eigenvalue weighted by Crippen LogP contribution is -2.38. The molecule has 0 saturated carbocycles. The molecule has 0 amide bonds. The third-order valence-electron chi connectivity index (χ3n) is 3.12. The van der Waals surface area contributed by atoms with Gasteiger partial charge in [0.2, 0.25) is 0 Å². The van der Waals surface area contributed by atoms with E-state index in [4.69, 9.17) is 4.74 Å². The average molecular weight is 397 g/mol. The second kappa shape index (κ2) is 8.88. The molecule has 2 aromatic rings. The Bertz CT molecular complexity index is 655. The number of guanidine groups is 1. The van der Waals surface area contributed by atoms with E-state index in [9.17, 15) is 0 Å². The molecule has 7 heteroatoms. The molecule has 0 aliphatic rings. The van der Waals surface area contributed by atoms with Crippen LogP contribution in [0.4, 0.5) is 0 Å². The molecule has 1 heterocycles. The number of nitrogens with one attached hydrogen (secondary N) is 2. The molecule has 0 aliphatic heterocycles. The number of rotatable bonds is 6. The summed E-state index contributed by atoms with van der Waals surface area (Å²) < 4.78 is 6.71. The third kappa shape index (κ3) is 5.84. The summed E-state index contributed by atoms with van der Waals surface area (Å²) in [6.45, 7) is 6.03. The van der Waals surface area contributed by atoms with Gasteiger partial charge in [-0.3, -0.25) is 4.99 Å². The van der Waals surface area contributed by atoms with Crippen LogP contribution in [-0.2, 0) is 6.54 Å². The van der Waals surface area contributed by atoms with Crippen molar-refractivity contribution in [3.05, 3.63) is 44.3 Å². The van der Waals surface area contributed by atoms with Gasteiger partial charge in [0.1, 0.15) is 12.4 Å². The number of benzene rings is 1. The lowest BCUT2D eigenvalue weighted by Gasteiger charge is -2.12. The fraction of sp³-hybridized carbons (Fsp3) is 0.375. The van der Waals surface area contributed by atoms with Crippen molar-refractivity contribution in [2.45, 2.75) is 20.4 Å². The summed E-state index contributed by atoms with van der Waals surface area (Å²) in [6, 6.07) is 7.80. The van der Waals surface area contributed by atoms with Crippen LogP contribution in [0.25, 0.3) is 0 Å². The van der Waals surface area contributed by atoms with E-state index in [1.807, 2.05) is 38.1 Å². The van der Waals surface area contributed by atoms with Crippen molar-refractivity contribution < 1.29 is 4.74 Å². The lowest BCUT2D eigenvalue weighted by atomic mass is 10.3. The summed E-state index contributed by atoms with van der Waals surface area (Å²) in [7, 11) is 1.76. The Balaban J connectivity index is 1.70. The first-order chi connectivity index (χ1) is 11.1. The standard InChI is InChI=1S/C16H21BrN4OS/c1-11-15(23-12(2)21-11)10-20-16(18-3)19-8-9-22-14-6-4-13(17)5-7-14/h4-7H,8-10H2,1-3H3,(H2,18,19,20). The van der Waals surface area contributed by atoms with Crippen molar-refractivity contribution in [1.82, 2.24) is 15.6 Å². The van der Waals surface area contributed by atoms with Crippen molar-refractivity contribution in [2.75, 3.05) is 20.2 Å². The van der Waals surface area contributed by atoms with Crippen LogP contribution in [0.3, 0.4) is 0 Å². The Morgan fingerprint density at radius 2 is 2.00 bits per heavy atom. The van der Waals surface area contributed by atoms with Gasteiger partial charge in [0.05, 0.1) is 23.8 Å². The summed E-state index contributed by atoms with van der Waals surface area (Å²) in [4.78, 5) is 9.87. The number of aryl methyl sites for hydroxylation is 2. The average Bonchev–Trinajstić information content (AvgIpc) is 2.86. The molecule has 23 heavy (non-hydrogen) atoms. The van der Waals surface area contributed by atoms with Crippen LogP contribution in [0.5, 0.6) is 5.75 Å². The molecule has 124 valence electrons. The second-order valence-corrected chi connectivity index (χ2v) is 7.10. The molecule has 0 atom stereocenters. The number of aliphatic imine (C=N–C) groups is 1. The van der Waals surface area contributed by atoms with E-state index in [1.54, 1.807) is 18.4 Å². The van der Waals surface area contributed by atoms with Crippen molar-refractivity contribution in [3.8, 4) is 5.75 Å². The minimum atomic E-state index is 0.570. The van der Waals surface area contributed by atoms with Gasteiger partial charge >= 0.3 is 0 Å². The number of hydrogen-bond donors (Lipinski definition) is 2. The zero-order chi connectivity index (χ0) is 16.7. The van der Waals surface area contributed by atoms with Crippen LogP contribution < -0.4 is 15.4 Å². The summed E-state index contributed by atoms with van der Waals surface area (Å²) >= 11 is 5.11. The van der Waals surface area contributed by atoms with Gasteiger partial charge < -0.3 is 15.4 Å². The molecule has 0 bridgehead atoms. The molecular formula is C16H21BrN4OS.